The number of piperidine rings is 1. The first-order chi connectivity index (χ1) is 16.7. The van der Waals surface area contributed by atoms with Gasteiger partial charge in [0.2, 0.25) is 0 Å². The van der Waals surface area contributed by atoms with Crippen LogP contribution in [-0.4, -0.2) is 50.7 Å². The van der Waals surface area contributed by atoms with Crippen molar-refractivity contribution in [2.45, 2.75) is 45.3 Å². The minimum atomic E-state index is -0.977. The van der Waals surface area contributed by atoms with E-state index in [0.29, 0.717) is 34.5 Å². The molecule has 1 aliphatic rings. The standard InChI is InChI=1S/C19H12Cl2N2O2.C8H18N2/c20-13-6-5-11-7-14(22-18(21)15(11)9-13)10-23-16-4-2-1-3-12(16)8-17(23)19(24)25;1-7(2)10-5-3-8(9)4-6-10/h1-9H,10H2,(H,24,25);7-8H,3-6,9H2,1-2H3. The Kier molecular flexibility index (Phi) is 7.97. The lowest BCUT2D eigenvalue weighted by Gasteiger charge is -2.32. The number of fused-ring (bicyclic) bond motifs is 2. The lowest BCUT2D eigenvalue weighted by molar-refractivity contribution is 0.0686. The molecule has 0 spiro atoms. The molecular formula is C27H30Cl2N4O2. The zero-order chi connectivity index (χ0) is 25.1. The lowest BCUT2D eigenvalue weighted by atomic mass is 10.1. The molecule has 5 rings (SSSR count). The van der Waals surface area contributed by atoms with Crippen LogP contribution in [0.4, 0.5) is 0 Å². The van der Waals surface area contributed by atoms with E-state index in [-0.39, 0.29) is 5.69 Å². The number of hydrogen-bond acceptors (Lipinski definition) is 4. The summed E-state index contributed by atoms with van der Waals surface area (Å²) in [5.41, 5.74) is 7.51. The summed E-state index contributed by atoms with van der Waals surface area (Å²) in [6.45, 7) is 7.19. The van der Waals surface area contributed by atoms with Gasteiger partial charge in [-0.1, -0.05) is 47.5 Å². The fraction of sp³-hybridized carbons (Fsp3) is 0.333. The number of halogens is 2. The van der Waals surface area contributed by atoms with Gasteiger partial charge < -0.3 is 20.3 Å². The van der Waals surface area contributed by atoms with Gasteiger partial charge in [0.05, 0.1) is 12.2 Å². The topological polar surface area (TPSA) is 84.4 Å². The molecule has 3 heterocycles. The van der Waals surface area contributed by atoms with Gasteiger partial charge in [0, 0.05) is 33.4 Å². The molecule has 0 aliphatic carbocycles. The van der Waals surface area contributed by atoms with E-state index in [1.807, 2.05) is 36.4 Å². The summed E-state index contributed by atoms with van der Waals surface area (Å²) in [6, 6.07) is 17.7. The Morgan fingerprint density at radius 1 is 1.09 bits per heavy atom. The third kappa shape index (κ3) is 5.96. The molecule has 0 saturated carbocycles. The van der Waals surface area contributed by atoms with Crippen LogP contribution in [-0.2, 0) is 6.54 Å². The van der Waals surface area contributed by atoms with Crippen molar-refractivity contribution in [1.82, 2.24) is 14.5 Å². The Labute approximate surface area is 215 Å². The van der Waals surface area contributed by atoms with Crippen LogP contribution in [0.15, 0.2) is 54.6 Å². The van der Waals surface area contributed by atoms with Gasteiger partial charge in [-0.15, -0.1) is 0 Å². The lowest BCUT2D eigenvalue weighted by Crippen LogP contribution is -2.42. The summed E-state index contributed by atoms with van der Waals surface area (Å²) in [7, 11) is 0. The number of carboxylic acids is 1. The molecule has 184 valence electrons. The average molecular weight is 513 g/mol. The number of aromatic nitrogens is 2. The highest BCUT2D eigenvalue weighted by Crippen LogP contribution is 2.27. The molecule has 1 fully saturated rings. The molecule has 3 N–H and O–H groups in total. The van der Waals surface area contributed by atoms with Gasteiger partial charge in [-0.2, -0.15) is 0 Å². The van der Waals surface area contributed by atoms with Crippen molar-refractivity contribution in [2.75, 3.05) is 13.1 Å². The second-order valence-electron chi connectivity index (χ2n) is 9.22. The van der Waals surface area contributed by atoms with Crippen molar-refractivity contribution in [3.05, 3.63) is 76.2 Å². The highest BCUT2D eigenvalue weighted by Gasteiger charge is 2.17. The summed E-state index contributed by atoms with van der Waals surface area (Å²) >= 11 is 12.3. The minimum Gasteiger partial charge on any atom is -0.477 e. The van der Waals surface area contributed by atoms with Crippen molar-refractivity contribution >= 4 is 50.8 Å². The number of rotatable bonds is 4. The molecule has 1 aliphatic heterocycles. The van der Waals surface area contributed by atoms with Crippen molar-refractivity contribution in [2.24, 2.45) is 5.73 Å². The van der Waals surface area contributed by atoms with Crippen molar-refractivity contribution in [1.29, 1.82) is 0 Å². The predicted molar refractivity (Wildman–Crippen MR) is 144 cm³/mol. The van der Waals surface area contributed by atoms with E-state index < -0.39 is 5.97 Å². The van der Waals surface area contributed by atoms with E-state index in [2.05, 4.69) is 23.7 Å². The summed E-state index contributed by atoms with van der Waals surface area (Å²) in [6.07, 6.45) is 2.36. The van der Waals surface area contributed by atoms with Gasteiger partial charge in [0.25, 0.3) is 0 Å². The Morgan fingerprint density at radius 2 is 1.80 bits per heavy atom. The van der Waals surface area contributed by atoms with Gasteiger partial charge in [-0.25, -0.2) is 9.78 Å². The third-order valence-corrected chi connectivity index (χ3v) is 6.98. The molecule has 0 atom stereocenters. The zero-order valence-corrected chi connectivity index (χ0v) is 21.4. The highest BCUT2D eigenvalue weighted by molar-refractivity contribution is 6.36. The molecular weight excluding hydrogens is 483 g/mol. The van der Waals surface area contributed by atoms with Crippen molar-refractivity contribution in [3.8, 4) is 0 Å². The van der Waals surface area contributed by atoms with E-state index in [1.165, 1.54) is 25.9 Å². The molecule has 1 saturated heterocycles. The van der Waals surface area contributed by atoms with Gasteiger partial charge in [0.1, 0.15) is 10.8 Å². The predicted octanol–water partition coefficient (Wildman–Crippen LogP) is 6.06. The second-order valence-corrected chi connectivity index (χ2v) is 10.0. The smallest absolute Gasteiger partial charge is 0.352 e. The van der Waals surface area contributed by atoms with E-state index >= 15 is 0 Å². The summed E-state index contributed by atoms with van der Waals surface area (Å²) in [5, 5.41) is 13.0. The Bertz CT molecular complexity index is 1340. The number of likely N-dealkylation sites (tertiary alicyclic amines) is 1. The number of nitrogens with zero attached hydrogens (tertiary/aromatic N) is 3. The molecule has 0 bridgehead atoms. The number of carboxylic acid groups (broad SMARTS) is 1. The van der Waals surface area contributed by atoms with E-state index in [0.717, 1.165) is 21.7 Å². The molecule has 2 aromatic carbocycles. The summed E-state index contributed by atoms with van der Waals surface area (Å²) in [5.74, 6) is -0.977. The van der Waals surface area contributed by atoms with Gasteiger partial charge in [-0.3, -0.25) is 0 Å². The Balaban J connectivity index is 0.000000243. The molecule has 35 heavy (non-hydrogen) atoms. The Hall–Kier alpha value is -2.64. The van der Waals surface area contributed by atoms with Gasteiger partial charge in [-0.05, 0) is 75.5 Å². The number of pyridine rings is 1. The summed E-state index contributed by atoms with van der Waals surface area (Å²) in [4.78, 5) is 18.5. The minimum absolute atomic E-state index is 0.218. The van der Waals surface area contributed by atoms with E-state index in [4.69, 9.17) is 28.9 Å². The second kappa shape index (κ2) is 11.0. The summed E-state index contributed by atoms with van der Waals surface area (Å²) < 4.78 is 1.73. The quantitative estimate of drug-likeness (QED) is 0.324. The van der Waals surface area contributed by atoms with Crippen LogP contribution >= 0.6 is 23.2 Å². The van der Waals surface area contributed by atoms with Crippen molar-refractivity contribution in [3.63, 3.8) is 0 Å². The normalized spacial score (nSPS) is 14.9. The van der Waals surface area contributed by atoms with Crippen LogP contribution in [0.1, 0.15) is 42.9 Å². The first kappa shape index (κ1) is 25.5. The van der Waals surface area contributed by atoms with Crippen LogP contribution in [0, 0.1) is 0 Å². The maximum Gasteiger partial charge on any atom is 0.352 e. The maximum atomic E-state index is 11.6. The first-order valence-electron chi connectivity index (χ1n) is 11.8. The van der Waals surface area contributed by atoms with Crippen LogP contribution < -0.4 is 5.73 Å². The fourth-order valence-electron chi connectivity index (χ4n) is 4.47. The van der Waals surface area contributed by atoms with E-state index in [9.17, 15) is 9.90 Å². The number of hydrogen-bond donors (Lipinski definition) is 2. The largest absolute Gasteiger partial charge is 0.477 e. The van der Waals surface area contributed by atoms with E-state index in [1.54, 1.807) is 22.8 Å². The molecule has 0 radical (unpaired) electrons. The van der Waals surface area contributed by atoms with Crippen LogP contribution in [0.2, 0.25) is 10.2 Å². The van der Waals surface area contributed by atoms with Gasteiger partial charge in [0.15, 0.2) is 0 Å². The SMILES string of the molecule is CC(C)N1CCC(N)CC1.O=C(O)c1cc2ccccc2n1Cc1cc2ccc(Cl)cc2c(Cl)n1. The zero-order valence-electron chi connectivity index (χ0n) is 19.9. The number of nitrogens with two attached hydrogens (primary N) is 1. The third-order valence-electron chi connectivity index (χ3n) is 6.46. The highest BCUT2D eigenvalue weighted by atomic mass is 35.5. The first-order valence-corrected chi connectivity index (χ1v) is 12.5. The molecule has 6 nitrogen and oxygen atoms in total. The number of aromatic carboxylic acids is 1. The van der Waals surface area contributed by atoms with Crippen LogP contribution in [0.25, 0.3) is 21.7 Å². The molecule has 0 unspecified atom stereocenters. The molecule has 2 aromatic heterocycles. The fourth-order valence-corrected chi connectivity index (χ4v) is 4.91. The average Bonchev–Trinajstić information content (AvgIpc) is 3.19. The molecule has 4 aromatic rings. The van der Waals surface area contributed by atoms with Crippen LogP contribution in [0.3, 0.4) is 0 Å². The maximum absolute atomic E-state index is 11.6. The monoisotopic (exact) mass is 512 g/mol. The van der Waals surface area contributed by atoms with Gasteiger partial charge >= 0.3 is 5.97 Å². The Morgan fingerprint density at radius 3 is 2.49 bits per heavy atom. The van der Waals surface area contributed by atoms with Crippen LogP contribution in [0.5, 0.6) is 0 Å². The number of para-hydroxylation sites is 1. The number of benzene rings is 2. The van der Waals surface area contributed by atoms with Crippen molar-refractivity contribution < 1.29 is 9.90 Å². The molecule has 8 heteroatoms. The number of carbonyl (C=O) groups is 1. The molecule has 0 amide bonds.